The van der Waals surface area contributed by atoms with Crippen LogP contribution in [0, 0.1) is 11.6 Å². The van der Waals surface area contributed by atoms with Crippen LogP contribution >= 0.6 is 12.4 Å². The predicted octanol–water partition coefficient (Wildman–Crippen LogP) is 3.16. The monoisotopic (exact) mass is 247 g/mol. The molecule has 1 aromatic carbocycles. The molecule has 1 nitrogen and oxygen atoms in total. The minimum Gasteiger partial charge on any atom is -0.330 e. The van der Waals surface area contributed by atoms with Crippen LogP contribution < -0.4 is 5.73 Å². The number of benzene rings is 1. The average Bonchev–Trinajstić information content (AvgIpc) is 2.72. The van der Waals surface area contributed by atoms with Crippen molar-refractivity contribution in [2.75, 3.05) is 6.54 Å². The normalized spacial score (nSPS) is 18.2. The van der Waals surface area contributed by atoms with Crippen LogP contribution in [0.15, 0.2) is 18.2 Å². The highest BCUT2D eigenvalue weighted by Crippen LogP contribution is 2.41. The van der Waals surface area contributed by atoms with Gasteiger partial charge in [0.1, 0.15) is 0 Å². The van der Waals surface area contributed by atoms with Crippen molar-refractivity contribution in [3.05, 3.63) is 35.4 Å². The van der Waals surface area contributed by atoms with Crippen LogP contribution in [0.2, 0.25) is 0 Å². The van der Waals surface area contributed by atoms with Crippen molar-refractivity contribution in [2.45, 2.75) is 31.1 Å². The van der Waals surface area contributed by atoms with Gasteiger partial charge in [0, 0.05) is 12.0 Å². The fourth-order valence-corrected chi connectivity index (χ4v) is 2.55. The Morgan fingerprint density at radius 1 is 1.19 bits per heavy atom. The second-order valence-electron chi connectivity index (χ2n) is 4.29. The van der Waals surface area contributed by atoms with Crippen LogP contribution in [0.25, 0.3) is 0 Å². The first kappa shape index (κ1) is 13.4. The quantitative estimate of drug-likeness (QED) is 0.854. The largest absolute Gasteiger partial charge is 0.330 e. The molecular formula is C12H16ClF2N. The molecule has 0 amide bonds. The van der Waals surface area contributed by atoms with E-state index in [4.69, 9.17) is 5.73 Å². The van der Waals surface area contributed by atoms with Crippen LogP contribution in [0.1, 0.15) is 31.2 Å². The molecule has 0 heterocycles. The van der Waals surface area contributed by atoms with E-state index in [1.54, 1.807) is 12.1 Å². The molecule has 0 spiro atoms. The maximum Gasteiger partial charge on any atom is 0.162 e. The Labute approximate surface area is 100 Å². The van der Waals surface area contributed by atoms with Gasteiger partial charge in [-0.1, -0.05) is 25.0 Å². The zero-order valence-electron chi connectivity index (χ0n) is 9.01. The fourth-order valence-electron chi connectivity index (χ4n) is 2.55. The van der Waals surface area contributed by atoms with E-state index >= 15 is 0 Å². The highest BCUT2D eigenvalue weighted by atomic mass is 35.5. The lowest BCUT2D eigenvalue weighted by Gasteiger charge is -2.28. The zero-order chi connectivity index (χ0) is 10.9. The van der Waals surface area contributed by atoms with E-state index in [2.05, 4.69) is 0 Å². The Kier molecular flexibility index (Phi) is 4.28. The first-order chi connectivity index (χ1) is 7.19. The Bertz CT molecular complexity index is 362. The topological polar surface area (TPSA) is 26.0 Å². The summed E-state index contributed by atoms with van der Waals surface area (Å²) in [5.74, 6) is -1.49. The lowest BCUT2D eigenvalue weighted by atomic mass is 9.78. The standard InChI is InChI=1S/C12H15F2N.ClH/c13-10-5-3-4-9(11(10)14)12(8-15)6-1-2-7-12;/h3-5H,1-2,6-8,15H2;1H. The summed E-state index contributed by atoms with van der Waals surface area (Å²) in [6, 6.07) is 4.37. The molecule has 0 atom stereocenters. The summed E-state index contributed by atoms with van der Waals surface area (Å²) in [7, 11) is 0. The van der Waals surface area contributed by atoms with Crippen LogP contribution in [0.5, 0.6) is 0 Å². The summed E-state index contributed by atoms with van der Waals surface area (Å²) in [5, 5.41) is 0. The molecule has 2 rings (SSSR count). The zero-order valence-corrected chi connectivity index (χ0v) is 9.83. The van der Waals surface area contributed by atoms with Gasteiger partial charge in [0.05, 0.1) is 0 Å². The molecule has 0 aromatic heterocycles. The highest BCUT2D eigenvalue weighted by Gasteiger charge is 2.36. The van der Waals surface area contributed by atoms with Crippen LogP contribution in [0.4, 0.5) is 8.78 Å². The van der Waals surface area contributed by atoms with Gasteiger partial charge < -0.3 is 5.73 Å². The fraction of sp³-hybridized carbons (Fsp3) is 0.500. The molecular weight excluding hydrogens is 232 g/mol. The van der Waals surface area contributed by atoms with E-state index in [0.29, 0.717) is 12.1 Å². The highest BCUT2D eigenvalue weighted by molar-refractivity contribution is 5.85. The smallest absolute Gasteiger partial charge is 0.162 e. The molecule has 1 aliphatic carbocycles. The molecule has 4 heteroatoms. The van der Waals surface area contributed by atoms with E-state index in [9.17, 15) is 8.78 Å². The van der Waals surface area contributed by atoms with Crippen molar-refractivity contribution < 1.29 is 8.78 Å². The summed E-state index contributed by atoms with van der Waals surface area (Å²) in [5.41, 5.74) is 5.86. The SMILES string of the molecule is Cl.NCC1(c2cccc(F)c2F)CCCC1. The van der Waals surface area contributed by atoms with E-state index < -0.39 is 11.6 Å². The maximum absolute atomic E-state index is 13.7. The van der Waals surface area contributed by atoms with Crippen molar-refractivity contribution in [3.8, 4) is 0 Å². The van der Waals surface area contributed by atoms with Gasteiger partial charge in [-0.3, -0.25) is 0 Å². The van der Waals surface area contributed by atoms with Gasteiger partial charge in [0.2, 0.25) is 0 Å². The molecule has 1 aromatic rings. The first-order valence-electron chi connectivity index (χ1n) is 5.34. The molecule has 0 radical (unpaired) electrons. The van der Waals surface area contributed by atoms with Gasteiger partial charge in [0.15, 0.2) is 11.6 Å². The molecule has 1 aliphatic rings. The number of halogens is 3. The van der Waals surface area contributed by atoms with Crippen molar-refractivity contribution in [1.82, 2.24) is 0 Å². The molecule has 1 saturated carbocycles. The second kappa shape index (κ2) is 5.11. The van der Waals surface area contributed by atoms with Gasteiger partial charge in [-0.2, -0.15) is 0 Å². The average molecular weight is 248 g/mol. The van der Waals surface area contributed by atoms with Gasteiger partial charge in [-0.25, -0.2) is 8.78 Å². The summed E-state index contributed by atoms with van der Waals surface area (Å²) in [6.07, 6.45) is 3.83. The third-order valence-electron chi connectivity index (χ3n) is 3.47. The van der Waals surface area contributed by atoms with E-state index in [1.165, 1.54) is 0 Å². The molecule has 16 heavy (non-hydrogen) atoms. The van der Waals surface area contributed by atoms with Crippen LogP contribution in [0.3, 0.4) is 0 Å². The lowest BCUT2D eigenvalue weighted by Crippen LogP contribution is -2.33. The van der Waals surface area contributed by atoms with Crippen molar-refractivity contribution in [3.63, 3.8) is 0 Å². The van der Waals surface area contributed by atoms with Crippen LogP contribution in [-0.2, 0) is 5.41 Å². The number of rotatable bonds is 2. The number of nitrogens with two attached hydrogens (primary N) is 1. The maximum atomic E-state index is 13.7. The predicted molar refractivity (Wildman–Crippen MR) is 62.8 cm³/mol. The summed E-state index contributed by atoms with van der Waals surface area (Å²) < 4.78 is 26.8. The van der Waals surface area contributed by atoms with Crippen molar-refractivity contribution >= 4 is 12.4 Å². The molecule has 90 valence electrons. The van der Waals surface area contributed by atoms with Crippen molar-refractivity contribution in [2.24, 2.45) is 5.73 Å². The van der Waals surface area contributed by atoms with Gasteiger partial charge in [-0.05, 0) is 24.5 Å². The Hall–Kier alpha value is -0.670. The third-order valence-corrected chi connectivity index (χ3v) is 3.47. The molecule has 1 fully saturated rings. The lowest BCUT2D eigenvalue weighted by molar-refractivity contribution is 0.408. The molecule has 0 bridgehead atoms. The Morgan fingerprint density at radius 3 is 2.38 bits per heavy atom. The van der Waals surface area contributed by atoms with Gasteiger partial charge in [-0.15, -0.1) is 12.4 Å². The van der Waals surface area contributed by atoms with Crippen LogP contribution in [-0.4, -0.2) is 6.54 Å². The second-order valence-corrected chi connectivity index (χ2v) is 4.29. The van der Waals surface area contributed by atoms with Gasteiger partial charge >= 0.3 is 0 Å². The molecule has 0 unspecified atom stereocenters. The van der Waals surface area contributed by atoms with Crippen molar-refractivity contribution in [1.29, 1.82) is 0 Å². The molecule has 2 N–H and O–H groups in total. The number of hydrogen-bond acceptors (Lipinski definition) is 1. The van der Waals surface area contributed by atoms with E-state index in [-0.39, 0.29) is 17.8 Å². The molecule has 0 aliphatic heterocycles. The summed E-state index contributed by atoms with van der Waals surface area (Å²) in [4.78, 5) is 0. The molecule has 0 saturated heterocycles. The Morgan fingerprint density at radius 2 is 1.81 bits per heavy atom. The van der Waals surface area contributed by atoms with E-state index in [0.717, 1.165) is 31.7 Å². The third kappa shape index (κ3) is 2.06. The minimum atomic E-state index is -0.771. The summed E-state index contributed by atoms with van der Waals surface area (Å²) in [6.45, 7) is 0.396. The number of hydrogen-bond donors (Lipinski definition) is 1. The summed E-state index contributed by atoms with van der Waals surface area (Å²) >= 11 is 0. The van der Waals surface area contributed by atoms with Gasteiger partial charge in [0.25, 0.3) is 0 Å². The van der Waals surface area contributed by atoms with E-state index in [1.807, 2.05) is 0 Å². The minimum absolute atomic E-state index is 0. The Balaban J connectivity index is 0.00000128. The first-order valence-corrected chi connectivity index (χ1v) is 5.34.